The van der Waals surface area contributed by atoms with Gasteiger partial charge in [0.05, 0.1) is 6.10 Å². The summed E-state index contributed by atoms with van der Waals surface area (Å²) in [6, 6.07) is 5.21. The molecule has 2 aliphatic heterocycles. The van der Waals surface area contributed by atoms with E-state index >= 15 is 0 Å². The van der Waals surface area contributed by atoms with Crippen LogP contribution >= 0.6 is 0 Å². The molecule has 2 saturated heterocycles. The number of rotatable bonds is 4. The predicted molar refractivity (Wildman–Crippen MR) is 91.2 cm³/mol. The molecule has 2 fully saturated rings. The second-order valence-corrected chi connectivity index (χ2v) is 6.65. The number of hydrogen-bond donors (Lipinski definition) is 0. The smallest absolute Gasteiger partial charge is 0.312 e. The molecule has 0 radical (unpaired) electrons. The molecule has 0 aliphatic carbocycles. The van der Waals surface area contributed by atoms with Gasteiger partial charge in [-0.15, -0.1) is 0 Å². The summed E-state index contributed by atoms with van der Waals surface area (Å²) in [5, 5.41) is 0. The van der Waals surface area contributed by atoms with Crippen molar-refractivity contribution in [3.8, 4) is 0 Å². The van der Waals surface area contributed by atoms with Crippen LogP contribution in [-0.2, 0) is 14.3 Å². The van der Waals surface area contributed by atoms with Crippen molar-refractivity contribution in [1.29, 1.82) is 0 Å². The number of nitrogens with zero attached hydrogens (tertiary/aromatic N) is 3. The van der Waals surface area contributed by atoms with Gasteiger partial charge in [0, 0.05) is 44.8 Å². The Morgan fingerprint density at radius 2 is 1.46 bits per heavy atom. The molecule has 7 nitrogen and oxygen atoms in total. The van der Waals surface area contributed by atoms with Gasteiger partial charge in [-0.25, -0.2) is 13.2 Å². The maximum absolute atomic E-state index is 13.0. The first kappa shape index (κ1) is 20.1. The maximum atomic E-state index is 13.0. The lowest BCUT2D eigenvalue weighted by molar-refractivity contribution is -0.162. The summed E-state index contributed by atoms with van der Waals surface area (Å²) in [6.07, 6.45) is -3.05. The van der Waals surface area contributed by atoms with E-state index in [4.69, 9.17) is 4.74 Å². The molecule has 3 rings (SSSR count). The molecule has 1 aromatic rings. The molecule has 0 unspecified atom stereocenters. The Bertz CT molecular complexity index is 730. The third-order valence-electron chi connectivity index (χ3n) is 4.72. The van der Waals surface area contributed by atoms with Crippen LogP contribution in [0, 0.1) is 5.82 Å². The van der Waals surface area contributed by atoms with Crippen LogP contribution in [0.15, 0.2) is 24.3 Å². The number of carbonyl (C=O) groups is 3. The molecular weight excluding hydrogens is 379 g/mol. The Morgan fingerprint density at radius 3 is 2.04 bits per heavy atom. The van der Waals surface area contributed by atoms with Gasteiger partial charge < -0.3 is 19.4 Å². The Morgan fingerprint density at radius 1 is 0.929 bits per heavy atom. The highest BCUT2D eigenvalue weighted by Crippen LogP contribution is 2.15. The number of carbonyl (C=O) groups excluding carboxylic acids is 3. The Kier molecular flexibility index (Phi) is 6.18. The van der Waals surface area contributed by atoms with Gasteiger partial charge in [-0.2, -0.15) is 0 Å². The van der Waals surface area contributed by atoms with Crippen LogP contribution in [0.25, 0.3) is 0 Å². The third kappa shape index (κ3) is 4.61. The summed E-state index contributed by atoms with van der Waals surface area (Å²) in [5.74, 6) is -2.07. The number of ether oxygens (including phenoxy) is 1. The zero-order valence-electron chi connectivity index (χ0n) is 15.0. The number of amides is 3. The van der Waals surface area contributed by atoms with Gasteiger partial charge in [0.1, 0.15) is 12.4 Å². The number of piperazine rings is 1. The molecule has 152 valence electrons. The molecule has 0 saturated carbocycles. The van der Waals surface area contributed by atoms with Crippen molar-refractivity contribution in [3.05, 3.63) is 35.6 Å². The highest BCUT2D eigenvalue weighted by molar-refractivity contribution is 6.35. The highest BCUT2D eigenvalue weighted by atomic mass is 19.3. The summed E-state index contributed by atoms with van der Waals surface area (Å²) in [6.45, 7) is 0.462. The van der Waals surface area contributed by atoms with E-state index in [2.05, 4.69) is 0 Å². The molecule has 3 amide bonds. The fraction of sp³-hybridized carbons (Fsp3) is 0.500. The number of alkyl halides is 2. The second-order valence-electron chi connectivity index (χ2n) is 6.65. The van der Waals surface area contributed by atoms with Crippen LogP contribution in [0.1, 0.15) is 10.4 Å². The van der Waals surface area contributed by atoms with Crippen LogP contribution in [0.5, 0.6) is 0 Å². The normalized spacial score (nSPS) is 17.6. The number of halogens is 3. The maximum Gasteiger partial charge on any atom is 0.312 e. The molecule has 1 aromatic carbocycles. The molecule has 2 aliphatic rings. The average Bonchev–Trinajstić information content (AvgIpc) is 2.66. The standard InChI is InChI=1S/C18H20F3N3O4/c19-13-3-1-12(2-4-13)16(25)22-5-7-23(8-6-22)17(26)18(27)24-9-14(10-24)28-11-15(20)21/h1-4,14-15H,5-11H2. The lowest BCUT2D eigenvalue weighted by Crippen LogP contribution is -2.60. The van der Waals surface area contributed by atoms with Gasteiger partial charge in [0.15, 0.2) is 0 Å². The molecule has 0 spiro atoms. The van der Waals surface area contributed by atoms with E-state index in [0.717, 1.165) is 0 Å². The fourth-order valence-corrected chi connectivity index (χ4v) is 3.08. The van der Waals surface area contributed by atoms with Crippen LogP contribution in [-0.4, -0.2) is 90.8 Å². The lowest BCUT2D eigenvalue weighted by Gasteiger charge is -2.40. The molecule has 0 atom stereocenters. The molecule has 28 heavy (non-hydrogen) atoms. The summed E-state index contributed by atoms with van der Waals surface area (Å²) in [7, 11) is 0. The van der Waals surface area contributed by atoms with Crippen LogP contribution < -0.4 is 0 Å². The number of hydrogen-bond acceptors (Lipinski definition) is 4. The summed E-state index contributed by atoms with van der Waals surface area (Å²) in [5.41, 5.74) is 0.354. The lowest BCUT2D eigenvalue weighted by atomic mass is 10.1. The van der Waals surface area contributed by atoms with Gasteiger partial charge >= 0.3 is 11.8 Å². The van der Waals surface area contributed by atoms with E-state index < -0.39 is 36.8 Å². The summed E-state index contributed by atoms with van der Waals surface area (Å²) >= 11 is 0. The first-order valence-corrected chi connectivity index (χ1v) is 8.88. The van der Waals surface area contributed by atoms with E-state index in [9.17, 15) is 27.6 Å². The monoisotopic (exact) mass is 399 g/mol. The van der Waals surface area contributed by atoms with Crippen molar-refractivity contribution in [2.45, 2.75) is 12.5 Å². The predicted octanol–water partition coefficient (Wildman–Crippen LogP) is 0.603. The molecular formula is C18H20F3N3O4. The van der Waals surface area contributed by atoms with Gasteiger partial charge in [0.25, 0.3) is 12.3 Å². The van der Waals surface area contributed by atoms with E-state index in [0.29, 0.717) is 5.56 Å². The molecule has 2 heterocycles. The van der Waals surface area contributed by atoms with Gasteiger partial charge in [0.2, 0.25) is 0 Å². The van der Waals surface area contributed by atoms with Crippen molar-refractivity contribution >= 4 is 17.7 Å². The minimum absolute atomic E-state index is 0.111. The molecule has 10 heteroatoms. The number of likely N-dealkylation sites (tertiary alicyclic amines) is 1. The van der Waals surface area contributed by atoms with Crippen LogP contribution in [0.3, 0.4) is 0 Å². The van der Waals surface area contributed by atoms with Gasteiger partial charge in [-0.05, 0) is 24.3 Å². The average molecular weight is 399 g/mol. The SMILES string of the molecule is O=C(C(=O)N1CC(OCC(F)F)C1)N1CCN(C(=O)c2ccc(F)cc2)CC1. The Hall–Kier alpha value is -2.62. The van der Waals surface area contributed by atoms with E-state index in [1.807, 2.05) is 0 Å². The van der Waals surface area contributed by atoms with Crippen molar-refractivity contribution in [2.24, 2.45) is 0 Å². The van der Waals surface area contributed by atoms with Gasteiger partial charge in [-0.1, -0.05) is 0 Å². The van der Waals surface area contributed by atoms with Crippen LogP contribution in [0.4, 0.5) is 13.2 Å². The van der Waals surface area contributed by atoms with Gasteiger partial charge in [-0.3, -0.25) is 14.4 Å². The fourth-order valence-electron chi connectivity index (χ4n) is 3.08. The van der Waals surface area contributed by atoms with Crippen molar-refractivity contribution in [1.82, 2.24) is 14.7 Å². The topological polar surface area (TPSA) is 70.2 Å². The number of benzene rings is 1. The zero-order valence-corrected chi connectivity index (χ0v) is 15.0. The van der Waals surface area contributed by atoms with Crippen LogP contribution in [0.2, 0.25) is 0 Å². The first-order chi connectivity index (χ1) is 13.3. The van der Waals surface area contributed by atoms with Crippen molar-refractivity contribution in [3.63, 3.8) is 0 Å². The first-order valence-electron chi connectivity index (χ1n) is 8.88. The third-order valence-corrected chi connectivity index (χ3v) is 4.72. The van der Waals surface area contributed by atoms with Crippen molar-refractivity contribution < 1.29 is 32.3 Å². The largest absolute Gasteiger partial charge is 0.369 e. The second kappa shape index (κ2) is 8.59. The molecule has 0 N–H and O–H groups in total. The quantitative estimate of drug-likeness (QED) is 0.696. The van der Waals surface area contributed by atoms with E-state index in [1.165, 1.54) is 34.1 Å². The molecule has 0 bridgehead atoms. The Labute approximate surface area is 159 Å². The van der Waals surface area contributed by atoms with E-state index in [-0.39, 0.29) is 45.2 Å². The summed E-state index contributed by atoms with van der Waals surface area (Å²) < 4.78 is 42.0. The van der Waals surface area contributed by atoms with Crippen molar-refractivity contribution in [2.75, 3.05) is 45.9 Å². The highest BCUT2D eigenvalue weighted by Gasteiger charge is 2.37. The minimum atomic E-state index is -2.57. The zero-order chi connectivity index (χ0) is 20.3. The Balaban J connectivity index is 1.44. The summed E-state index contributed by atoms with van der Waals surface area (Å²) in [4.78, 5) is 41.1. The minimum Gasteiger partial charge on any atom is -0.369 e. The molecule has 0 aromatic heterocycles. The van der Waals surface area contributed by atoms with E-state index in [1.54, 1.807) is 4.90 Å².